The SMILES string of the molecule is C=CC1OC(=O)N2c3ccc(O)cc3CCC12. The molecule has 3 rings (SSSR count). The number of carbonyl (C=O) groups is 1. The van der Waals surface area contributed by atoms with E-state index in [1.807, 2.05) is 0 Å². The summed E-state index contributed by atoms with van der Waals surface area (Å²) in [6.07, 6.45) is 2.79. The third kappa shape index (κ3) is 1.40. The number of aryl methyl sites for hydroxylation is 1. The van der Waals surface area contributed by atoms with Crippen molar-refractivity contribution >= 4 is 11.8 Å². The van der Waals surface area contributed by atoms with Crippen LogP contribution in [0.25, 0.3) is 0 Å². The van der Waals surface area contributed by atoms with Crippen molar-refractivity contribution in [3.05, 3.63) is 36.4 Å². The van der Waals surface area contributed by atoms with Gasteiger partial charge in [0.15, 0.2) is 0 Å². The monoisotopic (exact) mass is 231 g/mol. The molecule has 1 amide bonds. The van der Waals surface area contributed by atoms with E-state index in [2.05, 4.69) is 6.58 Å². The number of rotatable bonds is 1. The molecule has 1 N–H and O–H groups in total. The summed E-state index contributed by atoms with van der Waals surface area (Å²) < 4.78 is 5.25. The van der Waals surface area contributed by atoms with Crippen LogP contribution < -0.4 is 4.90 Å². The molecule has 0 bridgehead atoms. The Hall–Kier alpha value is -1.97. The molecular weight excluding hydrogens is 218 g/mol. The molecule has 4 heteroatoms. The standard InChI is InChI=1S/C13H13NO3/c1-2-12-11-5-3-8-7-9(15)4-6-10(8)14(11)13(16)17-12/h2,4,6-7,11-12,15H,1,3,5H2. The van der Waals surface area contributed by atoms with Gasteiger partial charge in [-0.25, -0.2) is 4.79 Å². The molecule has 0 spiro atoms. The van der Waals surface area contributed by atoms with E-state index >= 15 is 0 Å². The van der Waals surface area contributed by atoms with Crippen molar-refractivity contribution in [2.45, 2.75) is 25.0 Å². The van der Waals surface area contributed by atoms with Gasteiger partial charge in [0.05, 0.1) is 11.7 Å². The number of cyclic esters (lactones) is 1. The van der Waals surface area contributed by atoms with E-state index in [1.54, 1.807) is 29.2 Å². The van der Waals surface area contributed by atoms with E-state index < -0.39 is 0 Å². The van der Waals surface area contributed by atoms with E-state index in [1.165, 1.54) is 0 Å². The van der Waals surface area contributed by atoms with Crippen LogP contribution in [-0.4, -0.2) is 23.3 Å². The number of fused-ring (bicyclic) bond motifs is 3. The quantitative estimate of drug-likeness (QED) is 0.754. The fourth-order valence-corrected chi connectivity index (χ4v) is 2.62. The summed E-state index contributed by atoms with van der Waals surface area (Å²) >= 11 is 0. The molecular formula is C13H13NO3. The second kappa shape index (κ2) is 3.52. The molecule has 0 radical (unpaired) electrons. The maximum Gasteiger partial charge on any atom is 0.415 e. The first-order chi connectivity index (χ1) is 8.20. The molecule has 2 atom stereocenters. The number of phenols is 1. The fraction of sp³-hybridized carbons (Fsp3) is 0.308. The Morgan fingerprint density at radius 3 is 3.12 bits per heavy atom. The summed E-state index contributed by atoms with van der Waals surface area (Å²) in [5.74, 6) is 0.232. The Morgan fingerprint density at radius 2 is 2.35 bits per heavy atom. The number of hydrogen-bond acceptors (Lipinski definition) is 3. The van der Waals surface area contributed by atoms with Gasteiger partial charge in [0, 0.05) is 0 Å². The highest BCUT2D eigenvalue weighted by Gasteiger charge is 2.43. The summed E-state index contributed by atoms with van der Waals surface area (Å²) in [5, 5.41) is 9.44. The van der Waals surface area contributed by atoms with Gasteiger partial charge in [0.1, 0.15) is 11.9 Å². The van der Waals surface area contributed by atoms with E-state index in [4.69, 9.17) is 4.74 Å². The van der Waals surface area contributed by atoms with Crippen LogP contribution in [0.4, 0.5) is 10.5 Å². The van der Waals surface area contributed by atoms with Crippen LogP contribution in [0.15, 0.2) is 30.9 Å². The summed E-state index contributed by atoms with van der Waals surface area (Å²) in [6, 6.07) is 5.11. The van der Waals surface area contributed by atoms with Gasteiger partial charge >= 0.3 is 6.09 Å². The van der Waals surface area contributed by atoms with Crippen molar-refractivity contribution < 1.29 is 14.6 Å². The first-order valence-electron chi connectivity index (χ1n) is 5.65. The maximum atomic E-state index is 11.8. The molecule has 2 unspecified atom stereocenters. The number of nitrogens with zero attached hydrogens (tertiary/aromatic N) is 1. The average molecular weight is 231 g/mol. The predicted molar refractivity (Wildman–Crippen MR) is 63.2 cm³/mol. The normalized spacial score (nSPS) is 26.1. The second-order valence-electron chi connectivity index (χ2n) is 4.37. The minimum absolute atomic E-state index is 0.0389. The Bertz CT molecular complexity index is 497. The lowest BCUT2D eigenvalue weighted by molar-refractivity contribution is 0.153. The Kier molecular flexibility index (Phi) is 2.11. The molecule has 1 aromatic carbocycles. The molecule has 2 aliphatic rings. The number of hydrogen-bond donors (Lipinski definition) is 1. The molecule has 1 aromatic rings. The van der Waals surface area contributed by atoms with Crippen LogP contribution in [-0.2, 0) is 11.2 Å². The van der Waals surface area contributed by atoms with Crippen LogP contribution in [0.2, 0.25) is 0 Å². The van der Waals surface area contributed by atoms with Gasteiger partial charge in [-0.1, -0.05) is 6.58 Å². The van der Waals surface area contributed by atoms with Gasteiger partial charge in [-0.2, -0.15) is 0 Å². The topological polar surface area (TPSA) is 49.8 Å². The molecule has 17 heavy (non-hydrogen) atoms. The lowest BCUT2D eigenvalue weighted by Gasteiger charge is -2.30. The molecule has 2 heterocycles. The van der Waals surface area contributed by atoms with E-state index in [0.717, 1.165) is 24.1 Å². The van der Waals surface area contributed by atoms with Crippen molar-refractivity contribution in [1.82, 2.24) is 0 Å². The van der Waals surface area contributed by atoms with Gasteiger partial charge in [-0.05, 0) is 42.7 Å². The summed E-state index contributed by atoms with van der Waals surface area (Å²) in [7, 11) is 0. The van der Waals surface area contributed by atoms with Crippen LogP contribution in [0, 0.1) is 0 Å². The Balaban J connectivity index is 2.06. The molecule has 1 fully saturated rings. The molecule has 0 aromatic heterocycles. The highest BCUT2D eigenvalue weighted by atomic mass is 16.6. The average Bonchev–Trinajstić information content (AvgIpc) is 2.66. The van der Waals surface area contributed by atoms with Crippen molar-refractivity contribution in [1.29, 1.82) is 0 Å². The van der Waals surface area contributed by atoms with Gasteiger partial charge in [-0.15, -0.1) is 0 Å². The number of carbonyl (C=O) groups excluding carboxylic acids is 1. The van der Waals surface area contributed by atoms with Crippen molar-refractivity contribution in [3.63, 3.8) is 0 Å². The molecule has 1 saturated heterocycles. The highest BCUT2D eigenvalue weighted by molar-refractivity contribution is 5.92. The van der Waals surface area contributed by atoms with Crippen molar-refractivity contribution in [3.8, 4) is 5.75 Å². The number of aromatic hydroxyl groups is 1. The Morgan fingerprint density at radius 1 is 1.53 bits per heavy atom. The molecule has 88 valence electrons. The van der Waals surface area contributed by atoms with E-state index in [-0.39, 0.29) is 24.0 Å². The fourth-order valence-electron chi connectivity index (χ4n) is 2.62. The van der Waals surface area contributed by atoms with Crippen molar-refractivity contribution in [2.24, 2.45) is 0 Å². The highest BCUT2D eigenvalue weighted by Crippen LogP contribution is 2.38. The van der Waals surface area contributed by atoms with Gasteiger partial charge < -0.3 is 9.84 Å². The molecule has 0 saturated carbocycles. The first kappa shape index (κ1) is 10.2. The number of ether oxygens (including phenoxy) is 1. The smallest absolute Gasteiger partial charge is 0.415 e. The van der Waals surface area contributed by atoms with Crippen molar-refractivity contribution in [2.75, 3.05) is 4.90 Å². The minimum atomic E-state index is -0.327. The second-order valence-corrected chi connectivity index (χ2v) is 4.37. The number of phenolic OH excluding ortho intramolecular Hbond substituents is 1. The summed E-state index contributed by atoms with van der Waals surface area (Å²) in [4.78, 5) is 13.5. The van der Waals surface area contributed by atoms with E-state index in [9.17, 15) is 9.90 Å². The largest absolute Gasteiger partial charge is 0.508 e. The lowest BCUT2D eigenvalue weighted by atomic mass is 9.93. The maximum absolute atomic E-state index is 11.8. The third-order valence-electron chi connectivity index (χ3n) is 3.41. The number of benzene rings is 1. The zero-order chi connectivity index (χ0) is 12.0. The minimum Gasteiger partial charge on any atom is -0.508 e. The molecule has 4 nitrogen and oxygen atoms in total. The van der Waals surface area contributed by atoms with Crippen LogP contribution in [0.3, 0.4) is 0 Å². The zero-order valence-electron chi connectivity index (χ0n) is 9.30. The lowest BCUT2D eigenvalue weighted by Crippen LogP contribution is -2.39. The van der Waals surface area contributed by atoms with Crippen LogP contribution in [0.1, 0.15) is 12.0 Å². The number of anilines is 1. The number of amides is 1. The first-order valence-corrected chi connectivity index (χ1v) is 5.65. The molecule has 0 aliphatic carbocycles. The zero-order valence-corrected chi connectivity index (χ0v) is 9.30. The summed E-state index contributed by atoms with van der Waals surface area (Å²) in [6.45, 7) is 3.69. The third-order valence-corrected chi connectivity index (χ3v) is 3.41. The van der Waals surface area contributed by atoms with Crippen LogP contribution >= 0.6 is 0 Å². The van der Waals surface area contributed by atoms with E-state index in [0.29, 0.717) is 0 Å². The van der Waals surface area contributed by atoms with Gasteiger partial charge in [0.2, 0.25) is 0 Å². The van der Waals surface area contributed by atoms with Crippen LogP contribution in [0.5, 0.6) is 5.75 Å². The van der Waals surface area contributed by atoms with Gasteiger partial charge in [0.25, 0.3) is 0 Å². The molecule has 2 aliphatic heterocycles. The van der Waals surface area contributed by atoms with Gasteiger partial charge in [-0.3, -0.25) is 4.90 Å². The summed E-state index contributed by atoms with van der Waals surface area (Å²) in [5.41, 5.74) is 1.83. The predicted octanol–water partition coefficient (Wildman–Crippen LogP) is 2.22. The Labute approximate surface area is 99.1 Å².